The molecule has 2 rings (SSSR count). The van der Waals surface area contributed by atoms with Gasteiger partial charge in [-0.1, -0.05) is 11.6 Å². The number of nitrogens with two attached hydrogens (primary N) is 1. The third-order valence-corrected chi connectivity index (χ3v) is 2.41. The van der Waals surface area contributed by atoms with Crippen LogP contribution in [0.5, 0.6) is 0 Å². The quantitative estimate of drug-likeness (QED) is 0.628. The van der Waals surface area contributed by atoms with E-state index < -0.39 is 0 Å². The lowest BCUT2D eigenvalue weighted by Crippen LogP contribution is -2.30. The number of hydrogen-bond donors (Lipinski definition) is 1. The molecule has 0 saturated carbocycles. The Bertz CT molecular complexity index is 269. The first kappa shape index (κ1) is 7.13. The van der Waals surface area contributed by atoms with Gasteiger partial charge in [0.1, 0.15) is 5.15 Å². The van der Waals surface area contributed by atoms with E-state index in [-0.39, 0.29) is 6.04 Å². The molecule has 0 saturated heterocycles. The van der Waals surface area contributed by atoms with E-state index in [9.17, 15) is 0 Å². The Labute approximate surface area is 70.2 Å². The van der Waals surface area contributed by atoms with Crippen molar-refractivity contribution in [2.75, 3.05) is 0 Å². The van der Waals surface area contributed by atoms with E-state index in [1.165, 1.54) is 0 Å². The summed E-state index contributed by atoms with van der Waals surface area (Å²) in [7, 11) is 0. The smallest absolute Gasteiger partial charge is 0.150 e. The second-order valence-electron chi connectivity index (χ2n) is 2.93. The van der Waals surface area contributed by atoms with E-state index in [2.05, 4.69) is 9.55 Å². The van der Waals surface area contributed by atoms with Crippen molar-refractivity contribution in [3.63, 3.8) is 0 Å². The van der Waals surface area contributed by atoms with Crippen LogP contribution in [0.3, 0.4) is 0 Å². The third-order valence-electron chi connectivity index (χ3n) is 2.09. The molecule has 11 heavy (non-hydrogen) atoms. The molecule has 3 nitrogen and oxygen atoms in total. The highest BCUT2D eigenvalue weighted by Gasteiger charge is 2.17. The van der Waals surface area contributed by atoms with Gasteiger partial charge in [0.2, 0.25) is 0 Å². The molecule has 2 heterocycles. The fourth-order valence-corrected chi connectivity index (χ4v) is 1.66. The average molecular weight is 172 g/mol. The molecule has 0 amide bonds. The van der Waals surface area contributed by atoms with Crippen LogP contribution in [0.4, 0.5) is 0 Å². The zero-order chi connectivity index (χ0) is 7.84. The highest BCUT2D eigenvalue weighted by molar-refractivity contribution is 6.30. The minimum absolute atomic E-state index is 0.261. The Hall–Kier alpha value is -0.540. The number of rotatable bonds is 0. The lowest BCUT2D eigenvalue weighted by Gasteiger charge is -2.19. The summed E-state index contributed by atoms with van der Waals surface area (Å²) in [5.74, 6) is 0. The van der Waals surface area contributed by atoms with E-state index in [4.69, 9.17) is 17.3 Å². The molecule has 0 bridgehead atoms. The normalized spacial score (nSPS) is 23.3. The number of halogens is 1. The first-order valence-corrected chi connectivity index (χ1v) is 4.10. The second kappa shape index (κ2) is 2.50. The number of aryl methyl sites for hydroxylation is 1. The maximum absolute atomic E-state index is 5.84. The SMILES string of the molecule is NC1CCn2cnc(Cl)c2C1. The van der Waals surface area contributed by atoms with Crippen LogP contribution < -0.4 is 5.73 Å². The first-order valence-electron chi connectivity index (χ1n) is 3.72. The predicted octanol–water partition coefficient (Wildman–Crippen LogP) is 0.810. The summed E-state index contributed by atoms with van der Waals surface area (Å²) in [5, 5.41) is 0.611. The molecule has 1 unspecified atom stereocenters. The van der Waals surface area contributed by atoms with Gasteiger partial charge in [0.15, 0.2) is 0 Å². The van der Waals surface area contributed by atoms with Crippen molar-refractivity contribution in [3.8, 4) is 0 Å². The molecular weight excluding hydrogens is 162 g/mol. The molecule has 1 aliphatic rings. The van der Waals surface area contributed by atoms with E-state index in [0.717, 1.165) is 25.1 Å². The van der Waals surface area contributed by atoms with Gasteiger partial charge in [-0.2, -0.15) is 0 Å². The molecule has 0 spiro atoms. The molecule has 0 aromatic carbocycles. The fourth-order valence-electron chi connectivity index (χ4n) is 1.43. The van der Waals surface area contributed by atoms with Crippen molar-refractivity contribution in [2.45, 2.75) is 25.4 Å². The lowest BCUT2D eigenvalue weighted by atomic mass is 10.1. The molecule has 1 aliphatic heterocycles. The maximum Gasteiger partial charge on any atom is 0.150 e. The minimum atomic E-state index is 0.261. The summed E-state index contributed by atoms with van der Waals surface area (Å²) in [5.41, 5.74) is 6.87. The molecule has 0 aliphatic carbocycles. The summed E-state index contributed by atoms with van der Waals surface area (Å²) in [6, 6.07) is 0.261. The fraction of sp³-hybridized carbons (Fsp3) is 0.571. The monoisotopic (exact) mass is 171 g/mol. The minimum Gasteiger partial charge on any atom is -0.333 e. The zero-order valence-corrected chi connectivity index (χ0v) is 6.88. The molecule has 1 atom stereocenters. The average Bonchev–Trinajstić information content (AvgIpc) is 2.33. The van der Waals surface area contributed by atoms with Gasteiger partial charge < -0.3 is 10.3 Å². The van der Waals surface area contributed by atoms with Gasteiger partial charge in [-0.15, -0.1) is 0 Å². The van der Waals surface area contributed by atoms with Crippen molar-refractivity contribution in [1.29, 1.82) is 0 Å². The maximum atomic E-state index is 5.84. The van der Waals surface area contributed by atoms with E-state index in [1.807, 2.05) is 0 Å². The number of imidazole rings is 1. The molecule has 1 aromatic rings. The van der Waals surface area contributed by atoms with Crippen molar-refractivity contribution < 1.29 is 0 Å². The standard InChI is InChI=1S/C7H10ClN3/c8-7-6-3-5(9)1-2-11(6)4-10-7/h4-5H,1-3,9H2. The van der Waals surface area contributed by atoms with Gasteiger partial charge >= 0.3 is 0 Å². The number of hydrogen-bond acceptors (Lipinski definition) is 2. The van der Waals surface area contributed by atoms with Crippen LogP contribution in [0.2, 0.25) is 5.15 Å². The Balaban J connectivity index is 2.37. The van der Waals surface area contributed by atoms with Crippen molar-refractivity contribution in [2.24, 2.45) is 5.73 Å². The molecule has 0 fully saturated rings. The van der Waals surface area contributed by atoms with Gasteiger partial charge in [-0.05, 0) is 6.42 Å². The second-order valence-corrected chi connectivity index (χ2v) is 3.29. The molecular formula is C7H10ClN3. The van der Waals surface area contributed by atoms with Gasteiger partial charge in [0.25, 0.3) is 0 Å². The van der Waals surface area contributed by atoms with E-state index >= 15 is 0 Å². The van der Waals surface area contributed by atoms with Crippen molar-refractivity contribution >= 4 is 11.6 Å². The highest BCUT2D eigenvalue weighted by atomic mass is 35.5. The topological polar surface area (TPSA) is 43.8 Å². The van der Waals surface area contributed by atoms with E-state index in [0.29, 0.717) is 5.15 Å². The highest BCUT2D eigenvalue weighted by Crippen LogP contribution is 2.20. The summed E-state index contributed by atoms with van der Waals surface area (Å²) in [6.07, 6.45) is 3.67. The van der Waals surface area contributed by atoms with E-state index in [1.54, 1.807) is 6.33 Å². The summed E-state index contributed by atoms with van der Waals surface area (Å²) in [4.78, 5) is 4.01. The van der Waals surface area contributed by atoms with Gasteiger partial charge in [-0.3, -0.25) is 0 Å². The van der Waals surface area contributed by atoms with Crippen LogP contribution in [0.1, 0.15) is 12.1 Å². The number of fused-ring (bicyclic) bond motifs is 1. The first-order chi connectivity index (χ1) is 5.27. The molecule has 4 heteroatoms. The van der Waals surface area contributed by atoms with Crippen LogP contribution in [0.15, 0.2) is 6.33 Å². The van der Waals surface area contributed by atoms with Gasteiger partial charge in [-0.25, -0.2) is 4.98 Å². The molecule has 1 aromatic heterocycles. The zero-order valence-electron chi connectivity index (χ0n) is 6.13. The van der Waals surface area contributed by atoms with Crippen molar-refractivity contribution in [3.05, 3.63) is 17.2 Å². The van der Waals surface area contributed by atoms with Crippen LogP contribution >= 0.6 is 11.6 Å². The Kier molecular flexibility index (Phi) is 1.62. The number of nitrogens with zero attached hydrogens (tertiary/aromatic N) is 2. The van der Waals surface area contributed by atoms with Crippen LogP contribution in [-0.2, 0) is 13.0 Å². The van der Waals surface area contributed by atoms with Gasteiger partial charge in [0, 0.05) is 19.0 Å². The predicted molar refractivity (Wildman–Crippen MR) is 43.5 cm³/mol. The molecule has 60 valence electrons. The Morgan fingerprint density at radius 3 is 3.36 bits per heavy atom. The van der Waals surface area contributed by atoms with Gasteiger partial charge in [0.05, 0.1) is 12.0 Å². The lowest BCUT2D eigenvalue weighted by molar-refractivity contribution is 0.471. The summed E-state index contributed by atoms with van der Waals surface area (Å²) in [6.45, 7) is 0.955. The van der Waals surface area contributed by atoms with Crippen LogP contribution in [-0.4, -0.2) is 15.6 Å². The Morgan fingerprint density at radius 2 is 2.55 bits per heavy atom. The number of aromatic nitrogens is 2. The van der Waals surface area contributed by atoms with Crippen LogP contribution in [0, 0.1) is 0 Å². The largest absolute Gasteiger partial charge is 0.333 e. The third kappa shape index (κ3) is 1.14. The molecule has 0 radical (unpaired) electrons. The summed E-state index contributed by atoms with van der Waals surface area (Å²) >= 11 is 5.84. The summed E-state index contributed by atoms with van der Waals surface area (Å²) < 4.78 is 2.08. The molecule has 2 N–H and O–H groups in total. The van der Waals surface area contributed by atoms with Crippen molar-refractivity contribution in [1.82, 2.24) is 9.55 Å². The Morgan fingerprint density at radius 1 is 1.73 bits per heavy atom. The van der Waals surface area contributed by atoms with Crippen LogP contribution in [0.25, 0.3) is 0 Å².